The molecule has 1 fully saturated rings. The van der Waals surface area contributed by atoms with Crippen LogP contribution in [0.15, 0.2) is 36.4 Å². The molecule has 0 bridgehead atoms. The molecular weight excluding hydrogens is 391 g/mol. The molecule has 1 aliphatic rings. The largest absolute Gasteiger partial charge is 0.463 e. The lowest BCUT2D eigenvalue weighted by Crippen LogP contribution is -2.14. The molecule has 2 atom stereocenters. The summed E-state index contributed by atoms with van der Waals surface area (Å²) in [7, 11) is 0. The number of aryl methyl sites for hydroxylation is 1. The second-order valence-electron chi connectivity index (χ2n) is 9.09. The van der Waals surface area contributed by atoms with E-state index in [2.05, 4.69) is 12.2 Å². The van der Waals surface area contributed by atoms with Crippen molar-refractivity contribution in [2.45, 2.75) is 97.0 Å². The third-order valence-corrected chi connectivity index (χ3v) is 6.10. The van der Waals surface area contributed by atoms with E-state index in [1.165, 1.54) is 18.9 Å². The molecule has 4 heteroatoms. The Hall–Kier alpha value is -1.97. The summed E-state index contributed by atoms with van der Waals surface area (Å²) in [5.41, 5.74) is 1.07. The molecule has 1 unspecified atom stereocenters. The van der Waals surface area contributed by atoms with Gasteiger partial charge in [0, 0.05) is 18.8 Å². The monoisotopic (exact) mass is 430 g/mol. The number of allylic oxidation sites excluding steroid dienone is 2. The van der Waals surface area contributed by atoms with Gasteiger partial charge in [0.2, 0.25) is 0 Å². The minimum Gasteiger partial charge on any atom is -0.463 e. The lowest BCUT2D eigenvalue weighted by molar-refractivity contribution is -0.147. The number of hydrogen-bond donors (Lipinski definition) is 0. The number of carbonyl (C=O) groups is 2. The van der Waals surface area contributed by atoms with Gasteiger partial charge in [0.15, 0.2) is 0 Å². The van der Waals surface area contributed by atoms with Crippen LogP contribution in [0.25, 0.3) is 0 Å². The van der Waals surface area contributed by atoms with E-state index in [0.717, 1.165) is 63.4 Å². The molecule has 1 aliphatic carbocycles. The van der Waals surface area contributed by atoms with Gasteiger partial charge in [-0.3, -0.25) is 9.59 Å². The molecule has 1 aromatic carbocycles. The van der Waals surface area contributed by atoms with Gasteiger partial charge in [-0.15, -0.1) is 0 Å². The second kappa shape index (κ2) is 14.2. The minimum absolute atomic E-state index is 0.0539. The van der Waals surface area contributed by atoms with Crippen molar-refractivity contribution < 1.29 is 18.7 Å². The number of ketones is 1. The zero-order valence-electron chi connectivity index (χ0n) is 19.3. The number of Topliss-reactive ketones (excluding diaryl/α,β-unsaturated/α-hetero) is 1. The Kier molecular flexibility index (Phi) is 11.6. The van der Waals surface area contributed by atoms with Crippen molar-refractivity contribution in [2.24, 2.45) is 11.8 Å². The van der Waals surface area contributed by atoms with Gasteiger partial charge in [0.1, 0.15) is 11.6 Å². The lowest BCUT2D eigenvalue weighted by Gasteiger charge is -2.16. The van der Waals surface area contributed by atoms with Crippen molar-refractivity contribution in [2.75, 3.05) is 0 Å². The maximum Gasteiger partial charge on any atom is 0.306 e. The van der Waals surface area contributed by atoms with Crippen LogP contribution in [0, 0.1) is 17.7 Å². The van der Waals surface area contributed by atoms with Crippen LogP contribution in [0.5, 0.6) is 0 Å². The van der Waals surface area contributed by atoms with Crippen LogP contribution in [-0.2, 0) is 20.7 Å². The van der Waals surface area contributed by atoms with Crippen LogP contribution < -0.4 is 0 Å². The average molecular weight is 431 g/mol. The predicted octanol–water partition coefficient (Wildman–Crippen LogP) is 6.98. The predicted molar refractivity (Wildman–Crippen MR) is 123 cm³/mol. The lowest BCUT2D eigenvalue weighted by atomic mass is 9.87. The third-order valence-electron chi connectivity index (χ3n) is 6.10. The molecule has 1 aromatic rings. The van der Waals surface area contributed by atoms with Crippen LogP contribution in [0.4, 0.5) is 4.39 Å². The summed E-state index contributed by atoms with van der Waals surface area (Å²) in [5, 5.41) is 0. The van der Waals surface area contributed by atoms with Gasteiger partial charge in [-0.1, -0.05) is 43.5 Å². The van der Waals surface area contributed by atoms with E-state index in [9.17, 15) is 14.0 Å². The molecule has 2 rings (SSSR count). The summed E-state index contributed by atoms with van der Waals surface area (Å²) in [6.45, 7) is 3.72. The van der Waals surface area contributed by atoms with Crippen molar-refractivity contribution in [3.05, 3.63) is 47.8 Å². The highest BCUT2D eigenvalue weighted by Gasteiger charge is 2.32. The Balaban J connectivity index is 1.57. The normalized spacial score (nSPS) is 18.9. The van der Waals surface area contributed by atoms with E-state index in [0.29, 0.717) is 18.1 Å². The van der Waals surface area contributed by atoms with Crippen LogP contribution in [0.2, 0.25) is 0 Å². The summed E-state index contributed by atoms with van der Waals surface area (Å²) in [6.07, 6.45) is 15.5. The molecule has 0 aromatic heterocycles. The van der Waals surface area contributed by atoms with E-state index >= 15 is 0 Å². The third kappa shape index (κ3) is 10.3. The number of rotatable bonds is 14. The zero-order chi connectivity index (χ0) is 22.5. The fourth-order valence-electron chi connectivity index (χ4n) is 4.47. The van der Waals surface area contributed by atoms with Crippen molar-refractivity contribution in [1.82, 2.24) is 0 Å². The first kappa shape index (κ1) is 25.3. The maximum absolute atomic E-state index is 13.2. The van der Waals surface area contributed by atoms with Gasteiger partial charge in [-0.25, -0.2) is 4.39 Å². The standard InChI is InChI=1S/C27H39FO3/c1-21(2)31-27(30)17-10-6-5-9-16-25-23(18-19-26(25)29)14-8-4-3-7-12-22-13-11-15-24(28)20-22/h5,9,11,13,15,20-21,23,25H,3-4,6-8,10,12,14,16-19H2,1-2H3/b9-5-/t23?,25-/m1/s1. The average Bonchev–Trinajstić information content (AvgIpc) is 3.06. The Morgan fingerprint density at radius 1 is 1.16 bits per heavy atom. The highest BCUT2D eigenvalue weighted by molar-refractivity contribution is 5.83. The molecule has 0 aliphatic heterocycles. The van der Waals surface area contributed by atoms with Gasteiger partial charge < -0.3 is 4.74 Å². The fourth-order valence-corrected chi connectivity index (χ4v) is 4.47. The summed E-state index contributed by atoms with van der Waals surface area (Å²) in [5.74, 6) is 0.819. The molecule has 31 heavy (non-hydrogen) atoms. The number of halogens is 1. The fraction of sp³-hybridized carbons (Fsp3) is 0.630. The van der Waals surface area contributed by atoms with Crippen LogP contribution in [-0.4, -0.2) is 17.9 Å². The summed E-state index contributed by atoms with van der Waals surface area (Å²) in [4.78, 5) is 23.8. The molecule has 0 saturated heterocycles. The molecule has 1 saturated carbocycles. The van der Waals surface area contributed by atoms with Gasteiger partial charge in [0.05, 0.1) is 6.10 Å². The quantitative estimate of drug-likeness (QED) is 0.182. The Morgan fingerprint density at radius 2 is 1.97 bits per heavy atom. The topological polar surface area (TPSA) is 43.4 Å². The van der Waals surface area contributed by atoms with E-state index in [-0.39, 0.29) is 23.8 Å². The molecule has 0 N–H and O–H groups in total. The van der Waals surface area contributed by atoms with Crippen molar-refractivity contribution in [3.63, 3.8) is 0 Å². The van der Waals surface area contributed by atoms with Gasteiger partial charge in [-0.2, -0.15) is 0 Å². The number of ether oxygens (including phenoxy) is 1. The second-order valence-corrected chi connectivity index (χ2v) is 9.09. The molecule has 0 radical (unpaired) electrons. The summed E-state index contributed by atoms with van der Waals surface area (Å²) in [6, 6.07) is 6.88. The molecule has 0 heterocycles. The van der Waals surface area contributed by atoms with Gasteiger partial charge in [-0.05, 0) is 82.4 Å². The molecule has 3 nitrogen and oxygen atoms in total. The Labute approximate surface area is 187 Å². The molecular formula is C27H39FO3. The number of carbonyl (C=O) groups excluding carboxylic acids is 2. The number of hydrogen-bond acceptors (Lipinski definition) is 3. The Bertz CT molecular complexity index is 710. The number of unbranched alkanes of at least 4 members (excludes halogenated alkanes) is 4. The number of benzene rings is 1. The summed E-state index contributed by atoms with van der Waals surface area (Å²) >= 11 is 0. The van der Waals surface area contributed by atoms with E-state index < -0.39 is 0 Å². The molecule has 172 valence electrons. The first-order chi connectivity index (χ1) is 15.0. The van der Waals surface area contributed by atoms with Crippen LogP contribution >= 0.6 is 0 Å². The van der Waals surface area contributed by atoms with E-state index in [1.54, 1.807) is 12.1 Å². The molecule has 0 amide bonds. The Morgan fingerprint density at radius 3 is 2.74 bits per heavy atom. The highest BCUT2D eigenvalue weighted by atomic mass is 19.1. The van der Waals surface area contributed by atoms with Crippen molar-refractivity contribution >= 4 is 11.8 Å². The summed E-state index contributed by atoms with van der Waals surface area (Å²) < 4.78 is 18.3. The van der Waals surface area contributed by atoms with Gasteiger partial charge >= 0.3 is 5.97 Å². The van der Waals surface area contributed by atoms with Crippen molar-refractivity contribution in [1.29, 1.82) is 0 Å². The first-order valence-electron chi connectivity index (χ1n) is 12.1. The molecule has 0 spiro atoms. The van der Waals surface area contributed by atoms with Gasteiger partial charge in [0.25, 0.3) is 0 Å². The minimum atomic E-state index is -0.155. The van der Waals surface area contributed by atoms with Crippen molar-refractivity contribution in [3.8, 4) is 0 Å². The van der Waals surface area contributed by atoms with Crippen LogP contribution in [0.3, 0.4) is 0 Å². The first-order valence-corrected chi connectivity index (χ1v) is 12.1. The smallest absolute Gasteiger partial charge is 0.306 e. The van der Waals surface area contributed by atoms with E-state index in [4.69, 9.17) is 4.74 Å². The highest BCUT2D eigenvalue weighted by Crippen LogP contribution is 2.35. The van der Waals surface area contributed by atoms with E-state index in [1.807, 2.05) is 19.9 Å². The zero-order valence-corrected chi connectivity index (χ0v) is 19.3. The SMILES string of the molecule is CC(C)OC(=O)CCC/C=C\C[C@H]1C(=O)CCC1CCCCCCc1cccc(F)c1. The van der Waals surface area contributed by atoms with Crippen LogP contribution in [0.1, 0.15) is 90.0 Å². The number of esters is 1. The maximum atomic E-state index is 13.2.